The molecule has 1 amide bonds. The van der Waals surface area contributed by atoms with Crippen molar-refractivity contribution in [2.24, 2.45) is 0 Å². The van der Waals surface area contributed by atoms with Crippen LogP contribution in [0.1, 0.15) is 38.4 Å². The molecule has 1 N–H and O–H groups in total. The minimum atomic E-state index is -4.38. The summed E-state index contributed by atoms with van der Waals surface area (Å²) in [4.78, 5) is 12.7. The Balaban J connectivity index is 1.55. The Morgan fingerprint density at radius 3 is 2.42 bits per heavy atom. The van der Waals surface area contributed by atoms with Gasteiger partial charge in [0, 0.05) is 16.3 Å². The number of benzene rings is 3. The van der Waals surface area contributed by atoms with Crippen molar-refractivity contribution in [1.82, 2.24) is 20.1 Å². The number of hydrogen-bond acceptors (Lipinski definition) is 4. The molecule has 0 aliphatic carbocycles. The van der Waals surface area contributed by atoms with Crippen LogP contribution in [-0.2, 0) is 18.5 Å². The Hall–Kier alpha value is -3.30. The second kappa shape index (κ2) is 10.8. The van der Waals surface area contributed by atoms with Gasteiger partial charge in [0.25, 0.3) is 5.91 Å². The number of carbonyl (C=O) groups is 1. The van der Waals surface area contributed by atoms with E-state index in [4.69, 9.17) is 11.6 Å². The zero-order chi connectivity index (χ0) is 25.9. The largest absolute Gasteiger partial charge is 0.416 e. The van der Waals surface area contributed by atoms with E-state index in [1.165, 1.54) is 23.9 Å². The first-order valence-electron chi connectivity index (χ1n) is 11.0. The number of nitrogens with zero attached hydrogens (tertiary/aromatic N) is 3. The lowest BCUT2D eigenvalue weighted by molar-refractivity contribution is -0.137. The summed E-state index contributed by atoms with van der Waals surface area (Å²) in [6.07, 6.45) is -4.38. The van der Waals surface area contributed by atoms with E-state index in [0.29, 0.717) is 38.6 Å². The predicted molar refractivity (Wildman–Crippen MR) is 134 cm³/mol. The maximum absolute atomic E-state index is 12.9. The number of nitrogens with one attached hydrogen (secondary N) is 1. The number of alkyl halides is 3. The highest BCUT2D eigenvalue weighted by atomic mass is 35.5. The molecule has 0 saturated heterocycles. The first kappa shape index (κ1) is 25.8. The maximum Gasteiger partial charge on any atom is 0.416 e. The number of thioether (sulfide) groups is 1. The Bertz CT molecular complexity index is 1390. The molecule has 0 aliphatic rings. The summed E-state index contributed by atoms with van der Waals surface area (Å²) in [5.74, 6) is 0.633. The number of aromatic nitrogens is 3. The SMILES string of the molecule is Cc1ccc(C(=O)NCc2nnc(SCc3ccc(C(F)(F)F)cc3)n2-c2cccc(Cl)c2)cc1C. The molecule has 186 valence electrons. The van der Waals surface area contributed by atoms with Crippen LogP contribution in [0, 0.1) is 13.8 Å². The summed E-state index contributed by atoms with van der Waals surface area (Å²) in [5.41, 5.74) is 3.38. The highest BCUT2D eigenvalue weighted by Gasteiger charge is 2.30. The van der Waals surface area contributed by atoms with Gasteiger partial charge < -0.3 is 5.32 Å². The van der Waals surface area contributed by atoms with Crippen LogP contribution < -0.4 is 5.32 Å². The van der Waals surface area contributed by atoms with Gasteiger partial charge in [-0.15, -0.1) is 10.2 Å². The number of aryl methyl sites for hydroxylation is 2. The lowest BCUT2D eigenvalue weighted by Gasteiger charge is -2.12. The minimum absolute atomic E-state index is 0.117. The highest BCUT2D eigenvalue weighted by molar-refractivity contribution is 7.98. The van der Waals surface area contributed by atoms with Crippen LogP contribution in [0.5, 0.6) is 0 Å². The summed E-state index contributed by atoms with van der Waals surface area (Å²) in [5, 5.41) is 12.5. The topological polar surface area (TPSA) is 59.8 Å². The molecule has 0 saturated carbocycles. The molecule has 0 fully saturated rings. The molecule has 3 aromatic carbocycles. The first-order valence-corrected chi connectivity index (χ1v) is 12.3. The van der Waals surface area contributed by atoms with Crippen LogP contribution in [0.3, 0.4) is 0 Å². The van der Waals surface area contributed by atoms with Crippen LogP contribution in [-0.4, -0.2) is 20.7 Å². The van der Waals surface area contributed by atoms with Crippen molar-refractivity contribution in [3.8, 4) is 5.69 Å². The molecule has 10 heteroatoms. The number of hydrogen-bond donors (Lipinski definition) is 1. The van der Waals surface area contributed by atoms with Gasteiger partial charge in [0.05, 0.1) is 17.8 Å². The van der Waals surface area contributed by atoms with Crippen LogP contribution in [0.25, 0.3) is 5.69 Å². The third kappa shape index (κ3) is 6.09. The Labute approximate surface area is 215 Å². The normalized spacial score (nSPS) is 11.5. The summed E-state index contributed by atoms with van der Waals surface area (Å²) < 4.78 is 40.3. The van der Waals surface area contributed by atoms with Crippen molar-refractivity contribution in [1.29, 1.82) is 0 Å². The molecule has 0 unspecified atom stereocenters. The first-order chi connectivity index (χ1) is 17.1. The third-order valence-corrected chi connectivity index (χ3v) is 6.83. The minimum Gasteiger partial charge on any atom is -0.345 e. The lowest BCUT2D eigenvalue weighted by atomic mass is 10.1. The van der Waals surface area contributed by atoms with Gasteiger partial charge in [0.1, 0.15) is 0 Å². The molecule has 1 heterocycles. The summed E-state index contributed by atoms with van der Waals surface area (Å²) >= 11 is 7.53. The molecule has 4 aromatic rings. The fourth-order valence-electron chi connectivity index (χ4n) is 3.46. The monoisotopic (exact) mass is 530 g/mol. The van der Waals surface area contributed by atoms with Crippen molar-refractivity contribution >= 4 is 29.3 Å². The standard InChI is InChI=1S/C26H22ClF3N4OS/c1-16-6-9-19(12-17(16)2)24(35)31-14-23-32-33-25(34(23)22-5-3-4-21(27)13-22)36-15-18-7-10-20(11-8-18)26(28,29)30/h3-13H,14-15H2,1-2H3,(H,31,35). The number of halogens is 4. The van der Waals surface area contributed by atoms with Crippen molar-refractivity contribution in [3.05, 3.63) is 105 Å². The Kier molecular flexibility index (Phi) is 7.70. The van der Waals surface area contributed by atoms with Gasteiger partial charge in [0.15, 0.2) is 11.0 Å². The zero-order valence-electron chi connectivity index (χ0n) is 19.4. The molecule has 0 radical (unpaired) electrons. The van der Waals surface area contributed by atoms with E-state index in [9.17, 15) is 18.0 Å². The van der Waals surface area contributed by atoms with Crippen LogP contribution >= 0.6 is 23.4 Å². The molecular weight excluding hydrogens is 509 g/mol. The number of carbonyl (C=O) groups excluding carboxylic acids is 1. The second-order valence-corrected chi connectivity index (χ2v) is 9.56. The van der Waals surface area contributed by atoms with Crippen molar-refractivity contribution in [3.63, 3.8) is 0 Å². The van der Waals surface area contributed by atoms with Gasteiger partial charge in [-0.3, -0.25) is 9.36 Å². The molecule has 0 spiro atoms. The summed E-state index contributed by atoms with van der Waals surface area (Å²) in [6, 6.07) is 17.6. The second-order valence-electron chi connectivity index (χ2n) is 8.18. The molecule has 0 bridgehead atoms. The van der Waals surface area contributed by atoms with Gasteiger partial charge in [0.2, 0.25) is 0 Å². The molecular formula is C26H22ClF3N4OS. The quantitative estimate of drug-likeness (QED) is 0.268. The van der Waals surface area contributed by atoms with Crippen molar-refractivity contribution < 1.29 is 18.0 Å². The third-order valence-electron chi connectivity index (χ3n) is 5.59. The van der Waals surface area contributed by atoms with E-state index in [-0.39, 0.29) is 12.5 Å². The predicted octanol–water partition coefficient (Wildman–Crippen LogP) is 6.78. The molecule has 36 heavy (non-hydrogen) atoms. The summed E-state index contributed by atoms with van der Waals surface area (Å²) in [6.45, 7) is 4.04. The summed E-state index contributed by atoms with van der Waals surface area (Å²) in [7, 11) is 0. The van der Waals surface area contributed by atoms with E-state index in [1.54, 1.807) is 28.8 Å². The highest BCUT2D eigenvalue weighted by Crippen LogP contribution is 2.31. The zero-order valence-corrected chi connectivity index (χ0v) is 21.0. The van der Waals surface area contributed by atoms with Crippen molar-refractivity contribution in [2.45, 2.75) is 37.5 Å². The Morgan fingerprint density at radius 1 is 1.00 bits per heavy atom. The van der Waals surface area contributed by atoms with E-state index >= 15 is 0 Å². The average Bonchev–Trinajstić information content (AvgIpc) is 3.25. The molecule has 5 nitrogen and oxygen atoms in total. The van der Waals surface area contributed by atoms with Gasteiger partial charge in [-0.2, -0.15) is 13.2 Å². The van der Waals surface area contributed by atoms with E-state index < -0.39 is 11.7 Å². The fourth-order valence-corrected chi connectivity index (χ4v) is 4.58. The molecule has 0 atom stereocenters. The maximum atomic E-state index is 12.9. The van der Waals surface area contributed by atoms with Crippen molar-refractivity contribution in [2.75, 3.05) is 0 Å². The number of amides is 1. The Morgan fingerprint density at radius 2 is 1.75 bits per heavy atom. The van der Waals surface area contributed by atoms with E-state index in [1.807, 2.05) is 32.0 Å². The van der Waals surface area contributed by atoms with E-state index in [0.717, 1.165) is 23.3 Å². The van der Waals surface area contributed by atoms with Gasteiger partial charge in [-0.05, 0) is 73.0 Å². The van der Waals surface area contributed by atoms with Crippen LogP contribution in [0.2, 0.25) is 5.02 Å². The molecule has 4 rings (SSSR count). The fraction of sp³-hybridized carbons (Fsp3) is 0.192. The smallest absolute Gasteiger partial charge is 0.345 e. The van der Waals surface area contributed by atoms with Gasteiger partial charge in [-0.1, -0.05) is 47.6 Å². The average molecular weight is 531 g/mol. The van der Waals surface area contributed by atoms with Crippen LogP contribution in [0.4, 0.5) is 13.2 Å². The van der Waals surface area contributed by atoms with Gasteiger partial charge >= 0.3 is 6.18 Å². The number of rotatable bonds is 7. The molecule has 1 aromatic heterocycles. The van der Waals surface area contributed by atoms with Gasteiger partial charge in [-0.25, -0.2) is 0 Å². The molecule has 0 aliphatic heterocycles. The van der Waals surface area contributed by atoms with Crippen LogP contribution in [0.15, 0.2) is 71.9 Å². The lowest BCUT2D eigenvalue weighted by Crippen LogP contribution is -2.24. The van der Waals surface area contributed by atoms with E-state index in [2.05, 4.69) is 15.5 Å².